The molecule has 2 aromatic rings. The highest BCUT2D eigenvalue weighted by Gasteiger charge is 2.22. The van der Waals surface area contributed by atoms with Gasteiger partial charge in [-0.2, -0.15) is 0 Å². The first kappa shape index (κ1) is 13.6. The zero-order chi connectivity index (χ0) is 13.9. The summed E-state index contributed by atoms with van der Waals surface area (Å²) in [6.45, 7) is 4.73. The molecular formula is C16H20N2OS. The maximum atomic E-state index is 12.6. The lowest BCUT2D eigenvalue weighted by Crippen LogP contribution is -2.40. The molecule has 1 unspecified atom stereocenters. The van der Waals surface area contributed by atoms with E-state index in [4.69, 9.17) is 0 Å². The monoisotopic (exact) mass is 288 g/mol. The van der Waals surface area contributed by atoms with Crippen molar-refractivity contribution in [2.75, 3.05) is 19.6 Å². The minimum atomic E-state index is 0.169. The topological polar surface area (TPSA) is 32.3 Å². The minimum absolute atomic E-state index is 0.169. The number of hydrogen-bond donors (Lipinski definition) is 1. The number of nitrogens with zero attached hydrogens (tertiary/aromatic N) is 1. The second-order valence-electron chi connectivity index (χ2n) is 5.29. The van der Waals surface area contributed by atoms with Gasteiger partial charge in [0.2, 0.25) is 0 Å². The Kier molecular flexibility index (Phi) is 4.03. The Morgan fingerprint density at radius 2 is 2.30 bits per heavy atom. The van der Waals surface area contributed by atoms with Crippen molar-refractivity contribution in [3.8, 4) is 0 Å². The van der Waals surface area contributed by atoms with Crippen molar-refractivity contribution in [1.29, 1.82) is 0 Å². The van der Waals surface area contributed by atoms with Crippen LogP contribution in [0.4, 0.5) is 0 Å². The van der Waals surface area contributed by atoms with Crippen molar-refractivity contribution in [3.05, 3.63) is 35.2 Å². The molecule has 1 fully saturated rings. The van der Waals surface area contributed by atoms with E-state index in [0.29, 0.717) is 6.04 Å². The smallest absolute Gasteiger partial charge is 0.264 e. The molecule has 1 saturated heterocycles. The second kappa shape index (κ2) is 5.94. The van der Waals surface area contributed by atoms with Crippen LogP contribution < -0.4 is 5.32 Å². The van der Waals surface area contributed by atoms with E-state index in [9.17, 15) is 4.79 Å². The first-order chi connectivity index (χ1) is 9.78. The largest absolute Gasteiger partial charge is 0.337 e. The van der Waals surface area contributed by atoms with E-state index in [0.717, 1.165) is 29.9 Å². The second-order valence-corrected chi connectivity index (χ2v) is 6.37. The van der Waals surface area contributed by atoms with Crippen LogP contribution in [0.5, 0.6) is 0 Å². The Hall–Kier alpha value is -1.39. The third-order valence-electron chi connectivity index (χ3n) is 3.91. The molecule has 106 valence electrons. The SMILES string of the molecule is CCN(CC1CCCN1)C(=O)c1cc2ccccc2s1. The van der Waals surface area contributed by atoms with Gasteiger partial charge in [0.25, 0.3) is 5.91 Å². The Morgan fingerprint density at radius 1 is 1.45 bits per heavy atom. The van der Waals surface area contributed by atoms with Crippen molar-refractivity contribution >= 4 is 27.3 Å². The summed E-state index contributed by atoms with van der Waals surface area (Å²) >= 11 is 1.60. The third-order valence-corrected chi connectivity index (χ3v) is 5.01. The van der Waals surface area contributed by atoms with Gasteiger partial charge in [-0.05, 0) is 43.8 Å². The maximum Gasteiger partial charge on any atom is 0.264 e. The number of thiophene rings is 1. The molecule has 1 aliphatic rings. The quantitative estimate of drug-likeness (QED) is 0.937. The zero-order valence-electron chi connectivity index (χ0n) is 11.8. The molecule has 3 rings (SSSR count). The van der Waals surface area contributed by atoms with Gasteiger partial charge in [-0.3, -0.25) is 4.79 Å². The molecule has 3 nitrogen and oxygen atoms in total. The van der Waals surface area contributed by atoms with Gasteiger partial charge in [-0.1, -0.05) is 18.2 Å². The molecule has 1 amide bonds. The summed E-state index contributed by atoms with van der Waals surface area (Å²) in [6, 6.07) is 10.7. The van der Waals surface area contributed by atoms with Crippen molar-refractivity contribution in [1.82, 2.24) is 10.2 Å². The lowest BCUT2D eigenvalue weighted by atomic mass is 10.2. The van der Waals surface area contributed by atoms with Gasteiger partial charge < -0.3 is 10.2 Å². The van der Waals surface area contributed by atoms with Gasteiger partial charge in [0.15, 0.2) is 0 Å². The van der Waals surface area contributed by atoms with Crippen LogP contribution >= 0.6 is 11.3 Å². The van der Waals surface area contributed by atoms with E-state index in [1.54, 1.807) is 11.3 Å². The normalized spacial score (nSPS) is 18.6. The number of carbonyl (C=O) groups is 1. The minimum Gasteiger partial charge on any atom is -0.337 e. The van der Waals surface area contributed by atoms with E-state index in [1.165, 1.54) is 17.5 Å². The Bertz CT molecular complexity index is 568. The predicted octanol–water partition coefficient (Wildman–Crippen LogP) is 3.12. The lowest BCUT2D eigenvalue weighted by molar-refractivity contribution is 0.0756. The van der Waals surface area contributed by atoms with Crippen LogP contribution in [-0.4, -0.2) is 36.5 Å². The van der Waals surface area contributed by atoms with Crippen molar-refractivity contribution in [2.45, 2.75) is 25.8 Å². The molecule has 1 aromatic carbocycles. The van der Waals surface area contributed by atoms with Gasteiger partial charge in [-0.15, -0.1) is 11.3 Å². The Labute approximate surface area is 123 Å². The predicted molar refractivity (Wildman–Crippen MR) is 84.4 cm³/mol. The van der Waals surface area contributed by atoms with Crippen LogP contribution in [0.1, 0.15) is 29.4 Å². The molecule has 0 aliphatic carbocycles. The number of fused-ring (bicyclic) bond motifs is 1. The fourth-order valence-electron chi connectivity index (χ4n) is 2.78. The molecule has 0 bridgehead atoms. The van der Waals surface area contributed by atoms with Gasteiger partial charge in [-0.25, -0.2) is 0 Å². The molecular weight excluding hydrogens is 268 g/mol. The average Bonchev–Trinajstić information content (AvgIpc) is 3.12. The van der Waals surface area contributed by atoms with Crippen LogP contribution in [0, 0.1) is 0 Å². The van der Waals surface area contributed by atoms with Crippen molar-refractivity contribution < 1.29 is 4.79 Å². The number of carbonyl (C=O) groups excluding carboxylic acids is 1. The highest BCUT2D eigenvalue weighted by molar-refractivity contribution is 7.20. The molecule has 4 heteroatoms. The molecule has 1 atom stereocenters. The summed E-state index contributed by atoms with van der Waals surface area (Å²) in [5.74, 6) is 0.169. The fourth-order valence-corrected chi connectivity index (χ4v) is 3.81. The lowest BCUT2D eigenvalue weighted by Gasteiger charge is -2.23. The maximum absolute atomic E-state index is 12.6. The van der Waals surface area contributed by atoms with Crippen molar-refractivity contribution in [3.63, 3.8) is 0 Å². The fraction of sp³-hybridized carbons (Fsp3) is 0.438. The van der Waals surface area contributed by atoms with E-state index in [-0.39, 0.29) is 5.91 Å². The average molecular weight is 288 g/mol. The zero-order valence-corrected chi connectivity index (χ0v) is 12.6. The van der Waals surface area contributed by atoms with Crippen LogP contribution in [0.25, 0.3) is 10.1 Å². The van der Waals surface area contributed by atoms with E-state index >= 15 is 0 Å². The molecule has 1 N–H and O–H groups in total. The number of hydrogen-bond acceptors (Lipinski definition) is 3. The Balaban J connectivity index is 1.78. The van der Waals surface area contributed by atoms with Crippen LogP contribution in [0.3, 0.4) is 0 Å². The summed E-state index contributed by atoms with van der Waals surface area (Å²) in [5, 5.41) is 4.63. The number of likely N-dealkylation sites (N-methyl/N-ethyl adjacent to an activating group) is 1. The van der Waals surface area contributed by atoms with E-state index < -0.39 is 0 Å². The van der Waals surface area contributed by atoms with E-state index in [2.05, 4.69) is 24.4 Å². The first-order valence-corrected chi connectivity index (χ1v) is 8.11. The van der Waals surface area contributed by atoms with Gasteiger partial charge in [0.1, 0.15) is 0 Å². The van der Waals surface area contributed by atoms with Crippen molar-refractivity contribution in [2.24, 2.45) is 0 Å². The molecule has 0 spiro atoms. The highest BCUT2D eigenvalue weighted by atomic mass is 32.1. The van der Waals surface area contributed by atoms with Crippen LogP contribution in [0.15, 0.2) is 30.3 Å². The molecule has 20 heavy (non-hydrogen) atoms. The molecule has 1 aliphatic heterocycles. The third kappa shape index (κ3) is 2.72. The van der Waals surface area contributed by atoms with Gasteiger partial charge in [0.05, 0.1) is 4.88 Å². The number of rotatable bonds is 4. The number of benzene rings is 1. The van der Waals surface area contributed by atoms with Gasteiger partial charge >= 0.3 is 0 Å². The Morgan fingerprint density at radius 3 is 3.00 bits per heavy atom. The van der Waals surface area contributed by atoms with E-state index in [1.807, 2.05) is 23.1 Å². The molecule has 0 saturated carbocycles. The summed E-state index contributed by atoms with van der Waals surface area (Å²) in [5.41, 5.74) is 0. The molecule has 0 radical (unpaired) electrons. The first-order valence-electron chi connectivity index (χ1n) is 7.29. The van der Waals surface area contributed by atoms with Crippen LogP contribution in [0.2, 0.25) is 0 Å². The molecule has 2 heterocycles. The summed E-state index contributed by atoms with van der Waals surface area (Å²) < 4.78 is 1.19. The summed E-state index contributed by atoms with van der Waals surface area (Å²) in [7, 11) is 0. The summed E-state index contributed by atoms with van der Waals surface area (Å²) in [6.07, 6.45) is 2.40. The number of nitrogens with one attached hydrogen (secondary N) is 1. The standard InChI is InChI=1S/C16H20N2OS/c1-2-18(11-13-7-5-9-17-13)16(19)15-10-12-6-3-4-8-14(12)20-15/h3-4,6,8,10,13,17H,2,5,7,9,11H2,1H3. The number of amides is 1. The molecule has 1 aromatic heterocycles. The van der Waals surface area contributed by atoms with Gasteiger partial charge in [0, 0.05) is 23.8 Å². The summed E-state index contributed by atoms with van der Waals surface area (Å²) in [4.78, 5) is 15.5. The highest BCUT2D eigenvalue weighted by Crippen LogP contribution is 2.26. The van der Waals surface area contributed by atoms with Crippen LogP contribution in [-0.2, 0) is 0 Å².